The fourth-order valence-corrected chi connectivity index (χ4v) is 5.14. The predicted molar refractivity (Wildman–Crippen MR) is 107 cm³/mol. The molecule has 0 radical (unpaired) electrons. The summed E-state index contributed by atoms with van der Waals surface area (Å²) in [7, 11) is -5.32. The normalized spacial score (nSPS) is 12.1. The molecule has 11 heteroatoms. The van der Waals surface area contributed by atoms with Gasteiger partial charge in [-0.2, -0.15) is 0 Å². The van der Waals surface area contributed by atoms with E-state index in [1.807, 2.05) is 0 Å². The van der Waals surface area contributed by atoms with Crippen molar-refractivity contribution in [1.29, 1.82) is 0 Å². The Bertz CT molecular complexity index is 1070. The van der Waals surface area contributed by atoms with Crippen LogP contribution >= 0.6 is 11.6 Å². The van der Waals surface area contributed by atoms with Gasteiger partial charge < -0.3 is 9.47 Å². The van der Waals surface area contributed by atoms with Crippen molar-refractivity contribution in [3.8, 4) is 11.5 Å². The van der Waals surface area contributed by atoms with Gasteiger partial charge in [0.05, 0.1) is 24.8 Å². The Morgan fingerprint density at radius 3 is 2.07 bits per heavy atom. The standard InChI is InChI=1S/C17H21ClN2O6S2/c1-11(2)19-27(21,22)13-6-8-15(25-3)14(10-13)20-28(23,24)17-9-12(18)5-7-16(17)26-4/h5-11,19-20H,1-4H3. The van der Waals surface area contributed by atoms with Gasteiger partial charge in [-0.25, -0.2) is 21.6 Å². The van der Waals surface area contributed by atoms with Gasteiger partial charge in [0.2, 0.25) is 10.0 Å². The Morgan fingerprint density at radius 1 is 0.893 bits per heavy atom. The molecule has 2 rings (SSSR count). The molecule has 0 aliphatic carbocycles. The second-order valence-electron chi connectivity index (χ2n) is 6.04. The van der Waals surface area contributed by atoms with Crippen LogP contribution in [0.2, 0.25) is 5.02 Å². The molecule has 0 amide bonds. The maximum absolute atomic E-state index is 12.9. The summed E-state index contributed by atoms with van der Waals surface area (Å²) in [5, 5.41) is 0.200. The molecule has 0 bridgehead atoms. The fourth-order valence-electron chi connectivity index (χ4n) is 2.37. The number of anilines is 1. The van der Waals surface area contributed by atoms with Crippen molar-refractivity contribution in [2.24, 2.45) is 0 Å². The fraction of sp³-hybridized carbons (Fsp3) is 0.294. The van der Waals surface area contributed by atoms with E-state index in [2.05, 4.69) is 9.44 Å². The Balaban J connectivity index is 2.53. The van der Waals surface area contributed by atoms with Crippen molar-refractivity contribution in [1.82, 2.24) is 4.72 Å². The summed E-state index contributed by atoms with van der Waals surface area (Å²) in [6.07, 6.45) is 0. The molecule has 0 atom stereocenters. The molecule has 2 N–H and O–H groups in total. The molecule has 2 aromatic rings. The molecule has 0 saturated heterocycles. The maximum Gasteiger partial charge on any atom is 0.265 e. The number of ether oxygens (including phenoxy) is 2. The number of nitrogens with one attached hydrogen (secondary N) is 2. The van der Waals surface area contributed by atoms with Gasteiger partial charge in [-0.3, -0.25) is 4.72 Å². The molecule has 0 unspecified atom stereocenters. The second kappa shape index (κ2) is 8.56. The first-order valence-corrected chi connectivity index (χ1v) is 11.4. The van der Waals surface area contributed by atoms with Gasteiger partial charge in [0.25, 0.3) is 10.0 Å². The van der Waals surface area contributed by atoms with E-state index in [4.69, 9.17) is 21.1 Å². The highest BCUT2D eigenvalue weighted by molar-refractivity contribution is 7.93. The lowest BCUT2D eigenvalue weighted by Crippen LogP contribution is -2.30. The average Bonchev–Trinajstić information content (AvgIpc) is 2.60. The molecule has 0 fully saturated rings. The Labute approximate surface area is 169 Å². The summed E-state index contributed by atoms with van der Waals surface area (Å²) < 4.78 is 65.6. The van der Waals surface area contributed by atoms with E-state index < -0.39 is 20.0 Å². The van der Waals surface area contributed by atoms with Crippen LogP contribution in [0.4, 0.5) is 5.69 Å². The van der Waals surface area contributed by atoms with Crippen molar-refractivity contribution in [2.45, 2.75) is 29.7 Å². The summed E-state index contributed by atoms with van der Waals surface area (Å²) in [5.41, 5.74) is -0.0452. The third kappa shape index (κ3) is 5.07. The highest BCUT2D eigenvalue weighted by Crippen LogP contribution is 2.33. The van der Waals surface area contributed by atoms with Crippen LogP contribution in [0.1, 0.15) is 13.8 Å². The number of sulfonamides is 2. The highest BCUT2D eigenvalue weighted by atomic mass is 35.5. The van der Waals surface area contributed by atoms with Crippen molar-refractivity contribution < 1.29 is 26.3 Å². The molecule has 8 nitrogen and oxygen atoms in total. The number of rotatable bonds is 8. The minimum absolute atomic E-state index is 0.0452. The lowest BCUT2D eigenvalue weighted by Gasteiger charge is -2.16. The first-order chi connectivity index (χ1) is 13.0. The second-order valence-corrected chi connectivity index (χ2v) is 9.84. The minimum Gasteiger partial charge on any atom is -0.495 e. The Morgan fingerprint density at radius 2 is 1.50 bits per heavy atom. The van der Waals surface area contributed by atoms with E-state index >= 15 is 0 Å². The molecular formula is C17H21ClN2O6S2. The number of methoxy groups -OCH3 is 2. The zero-order valence-corrected chi connectivity index (χ0v) is 18.1. The molecule has 0 heterocycles. The molecule has 0 spiro atoms. The Kier molecular flexibility index (Phi) is 6.81. The summed E-state index contributed by atoms with van der Waals surface area (Å²) in [5.74, 6) is 0.231. The lowest BCUT2D eigenvalue weighted by atomic mass is 10.3. The topological polar surface area (TPSA) is 111 Å². The van der Waals surface area contributed by atoms with Gasteiger partial charge in [-0.05, 0) is 50.2 Å². The van der Waals surface area contributed by atoms with Gasteiger partial charge in [0.1, 0.15) is 16.4 Å². The van der Waals surface area contributed by atoms with Crippen LogP contribution in [-0.2, 0) is 20.0 Å². The number of halogens is 1. The number of hydrogen-bond acceptors (Lipinski definition) is 6. The van der Waals surface area contributed by atoms with E-state index in [0.29, 0.717) is 0 Å². The minimum atomic E-state index is -4.15. The van der Waals surface area contributed by atoms with Crippen LogP contribution in [0.25, 0.3) is 0 Å². The molecule has 0 aliphatic rings. The largest absolute Gasteiger partial charge is 0.495 e. The van der Waals surface area contributed by atoms with Crippen LogP contribution < -0.4 is 18.9 Å². The zero-order chi connectivity index (χ0) is 21.1. The summed E-state index contributed by atoms with van der Waals surface area (Å²) in [6, 6.07) is 7.67. The van der Waals surface area contributed by atoms with Crippen molar-refractivity contribution >= 4 is 37.3 Å². The summed E-state index contributed by atoms with van der Waals surface area (Å²) in [4.78, 5) is -0.309. The SMILES string of the molecule is COc1ccc(S(=O)(=O)NC(C)C)cc1NS(=O)(=O)c1cc(Cl)ccc1OC. The predicted octanol–water partition coefficient (Wildman–Crippen LogP) is 2.84. The molecule has 154 valence electrons. The molecular weight excluding hydrogens is 428 g/mol. The quantitative estimate of drug-likeness (QED) is 0.642. The van der Waals surface area contributed by atoms with E-state index in [0.717, 1.165) is 0 Å². The molecule has 28 heavy (non-hydrogen) atoms. The van der Waals surface area contributed by atoms with Crippen LogP contribution in [0.15, 0.2) is 46.2 Å². The first kappa shape index (κ1) is 22.3. The summed E-state index contributed by atoms with van der Waals surface area (Å²) in [6.45, 7) is 3.35. The monoisotopic (exact) mass is 448 g/mol. The van der Waals surface area contributed by atoms with E-state index in [9.17, 15) is 16.8 Å². The molecule has 0 aromatic heterocycles. The van der Waals surface area contributed by atoms with Gasteiger partial charge >= 0.3 is 0 Å². The van der Waals surface area contributed by atoms with E-state index in [1.165, 1.54) is 50.6 Å². The van der Waals surface area contributed by atoms with Crippen LogP contribution in [0, 0.1) is 0 Å². The van der Waals surface area contributed by atoms with Crippen LogP contribution in [0.5, 0.6) is 11.5 Å². The highest BCUT2D eigenvalue weighted by Gasteiger charge is 2.24. The first-order valence-electron chi connectivity index (χ1n) is 8.07. The van der Waals surface area contributed by atoms with Gasteiger partial charge in [-0.15, -0.1) is 0 Å². The summed E-state index contributed by atoms with van der Waals surface area (Å²) >= 11 is 5.91. The average molecular weight is 449 g/mol. The van der Waals surface area contributed by atoms with Gasteiger partial charge in [0, 0.05) is 11.1 Å². The van der Waals surface area contributed by atoms with E-state index in [-0.39, 0.29) is 38.0 Å². The van der Waals surface area contributed by atoms with Gasteiger partial charge in [0.15, 0.2) is 0 Å². The van der Waals surface area contributed by atoms with E-state index in [1.54, 1.807) is 13.8 Å². The zero-order valence-electron chi connectivity index (χ0n) is 15.7. The lowest BCUT2D eigenvalue weighted by molar-refractivity contribution is 0.403. The van der Waals surface area contributed by atoms with Crippen LogP contribution in [-0.4, -0.2) is 37.1 Å². The molecule has 0 saturated carbocycles. The smallest absolute Gasteiger partial charge is 0.265 e. The van der Waals surface area contributed by atoms with Crippen molar-refractivity contribution in [3.05, 3.63) is 41.4 Å². The third-order valence-electron chi connectivity index (χ3n) is 3.53. The number of hydrogen-bond donors (Lipinski definition) is 2. The molecule has 2 aromatic carbocycles. The van der Waals surface area contributed by atoms with Crippen molar-refractivity contribution in [3.63, 3.8) is 0 Å². The Hall–Kier alpha value is -2.01. The van der Waals surface area contributed by atoms with Gasteiger partial charge in [-0.1, -0.05) is 11.6 Å². The van der Waals surface area contributed by atoms with Crippen LogP contribution in [0.3, 0.4) is 0 Å². The maximum atomic E-state index is 12.9. The molecule has 0 aliphatic heterocycles. The van der Waals surface area contributed by atoms with Crippen molar-refractivity contribution in [2.75, 3.05) is 18.9 Å². The number of benzene rings is 2. The third-order valence-corrected chi connectivity index (χ3v) is 6.81.